The van der Waals surface area contributed by atoms with Crippen LogP contribution in [0, 0.1) is 0 Å². The van der Waals surface area contributed by atoms with Crippen LogP contribution in [0.25, 0.3) is 11.1 Å². The van der Waals surface area contributed by atoms with Crippen molar-refractivity contribution in [3.05, 3.63) is 42.2 Å². The van der Waals surface area contributed by atoms with Crippen LogP contribution in [0.15, 0.2) is 36.7 Å². The highest BCUT2D eigenvalue weighted by atomic mass is 16.6. The number of carbonyl (C=O) groups is 2. The topological polar surface area (TPSA) is 101 Å². The number of nitrogens with zero attached hydrogens (tertiary/aromatic N) is 2. The van der Waals surface area contributed by atoms with Gasteiger partial charge in [0.1, 0.15) is 5.60 Å². The lowest BCUT2D eigenvalue weighted by atomic mass is 10.1. The largest absolute Gasteiger partial charge is 0.478 e. The molecule has 0 aliphatic heterocycles. The zero-order chi connectivity index (χ0) is 17.0. The summed E-state index contributed by atoms with van der Waals surface area (Å²) in [4.78, 5) is 30.7. The second kappa shape index (κ2) is 6.43. The van der Waals surface area contributed by atoms with E-state index in [2.05, 4.69) is 15.3 Å². The molecule has 0 radical (unpaired) electrons. The Morgan fingerprint density at radius 2 is 1.78 bits per heavy atom. The number of carbonyl (C=O) groups excluding carboxylic acids is 1. The lowest BCUT2D eigenvalue weighted by Crippen LogP contribution is -2.27. The maximum Gasteiger partial charge on any atom is 0.414 e. The quantitative estimate of drug-likeness (QED) is 0.902. The molecule has 1 heterocycles. The van der Waals surface area contributed by atoms with Gasteiger partial charge in [-0.3, -0.25) is 5.32 Å². The van der Waals surface area contributed by atoms with E-state index < -0.39 is 17.7 Å². The van der Waals surface area contributed by atoms with Gasteiger partial charge in [-0.25, -0.2) is 19.6 Å². The summed E-state index contributed by atoms with van der Waals surface area (Å²) in [5.74, 6) is -0.895. The van der Waals surface area contributed by atoms with Crippen molar-refractivity contribution in [3.63, 3.8) is 0 Å². The van der Waals surface area contributed by atoms with E-state index >= 15 is 0 Å². The second-order valence-electron chi connectivity index (χ2n) is 5.81. The number of amides is 1. The Balaban J connectivity index is 2.12. The number of nitrogens with one attached hydrogen (secondary N) is 1. The average Bonchev–Trinajstić information content (AvgIpc) is 2.46. The molecular formula is C16H17N3O4. The van der Waals surface area contributed by atoms with Crippen LogP contribution in [0.4, 0.5) is 10.7 Å². The summed E-state index contributed by atoms with van der Waals surface area (Å²) in [6.07, 6.45) is 2.36. The van der Waals surface area contributed by atoms with Gasteiger partial charge in [-0.05, 0) is 38.5 Å². The van der Waals surface area contributed by atoms with Crippen molar-refractivity contribution >= 4 is 18.0 Å². The number of hydrogen-bond acceptors (Lipinski definition) is 5. The first-order valence-corrected chi connectivity index (χ1v) is 6.90. The van der Waals surface area contributed by atoms with Gasteiger partial charge < -0.3 is 9.84 Å². The van der Waals surface area contributed by atoms with Crippen molar-refractivity contribution in [3.8, 4) is 11.1 Å². The molecule has 2 aromatic rings. The maximum atomic E-state index is 11.6. The molecule has 1 aromatic heterocycles. The molecule has 120 valence electrons. The minimum absolute atomic E-state index is 0.109. The average molecular weight is 315 g/mol. The van der Waals surface area contributed by atoms with E-state index in [9.17, 15) is 9.59 Å². The number of anilines is 1. The standard InChI is InChI=1S/C16H17N3O4/c1-16(2,3)23-15(22)19-14-17-8-12(9-18-14)10-5-4-6-11(7-10)13(20)21/h4-9H,1-3H3,(H,20,21)(H,17,18,19,22). The zero-order valence-electron chi connectivity index (χ0n) is 13.0. The third kappa shape index (κ3) is 4.77. The number of rotatable bonds is 3. The molecular weight excluding hydrogens is 298 g/mol. The van der Waals surface area contributed by atoms with E-state index in [1.807, 2.05) is 0 Å². The predicted octanol–water partition coefficient (Wildman–Crippen LogP) is 3.19. The van der Waals surface area contributed by atoms with Gasteiger partial charge in [0.2, 0.25) is 5.95 Å². The maximum absolute atomic E-state index is 11.6. The van der Waals surface area contributed by atoms with Crippen molar-refractivity contribution in [2.45, 2.75) is 26.4 Å². The minimum Gasteiger partial charge on any atom is -0.478 e. The summed E-state index contributed by atoms with van der Waals surface area (Å²) in [5, 5.41) is 11.4. The van der Waals surface area contributed by atoms with E-state index in [1.54, 1.807) is 32.9 Å². The third-order valence-corrected chi connectivity index (χ3v) is 2.71. The van der Waals surface area contributed by atoms with Crippen molar-refractivity contribution in [1.82, 2.24) is 9.97 Å². The molecule has 0 saturated carbocycles. The minimum atomic E-state index is -1.00. The van der Waals surface area contributed by atoms with Gasteiger partial charge in [0.05, 0.1) is 5.56 Å². The molecule has 0 aliphatic carbocycles. The summed E-state index contributed by atoms with van der Waals surface area (Å²) in [7, 11) is 0. The number of benzene rings is 1. The Labute approximate surface area is 133 Å². The Morgan fingerprint density at radius 1 is 1.13 bits per heavy atom. The molecule has 0 aliphatic rings. The van der Waals surface area contributed by atoms with Gasteiger partial charge in [0.25, 0.3) is 0 Å². The van der Waals surface area contributed by atoms with Crippen LogP contribution in [-0.2, 0) is 4.74 Å². The number of ether oxygens (including phenoxy) is 1. The summed E-state index contributed by atoms with van der Waals surface area (Å²) >= 11 is 0. The molecule has 0 saturated heterocycles. The molecule has 0 spiro atoms. The van der Waals surface area contributed by atoms with Crippen LogP contribution in [0.5, 0.6) is 0 Å². The molecule has 0 fully saturated rings. The normalized spacial score (nSPS) is 10.9. The Kier molecular flexibility index (Phi) is 4.59. The van der Waals surface area contributed by atoms with E-state index in [4.69, 9.17) is 9.84 Å². The highest BCUT2D eigenvalue weighted by Crippen LogP contribution is 2.19. The van der Waals surface area contributed by atoms with Crippen molar-refractivity contribution in [1.29, 1.82) is 0 Å². The van der Waals surface area contributed by atoms with Gasteiger partial charge in [-0.2, -0.15) is 0 Å². The van der Waals surface area contributed by atoms with Gasteiger partial charge in [0, 0.05) is 18.0 Å². The molecule has 1 amide bonds. The summed E-state index contributed by atoms with van der Waals surface area (Å²) < 4.78 is 5.10. The Hall–Kier alpha value is -2.96. The number of aromatic nitrogens is 2. The first-order valence-electron chi connectivity index (χ1n) is 6.90. The number of carboxylic acids is 1. The second-order valence-corrected chi connectivity index (χ2v) is 5.81. The van der Waals surface area contributed by atoms with E-state index in [0.717, 1.165) is 0 Å². The van der Waals surface area contributed by atoms with E-state index in [-0.39, 0.29) is 11.5 Å². The zero-order valence-corrected chi connectivity index (χ0v) is 13.0. The van der Waals surface area contributed by atoms with E-state index in [0.29, 0.717) is 11.1 Å². The molecule has 7 nitrogen and oxygen atoms in total. The number of hydrogen-bond donors (Lipinski definition) is 2. The highest BCUT2D eigenvalue weighted by Gasteiger charge is 2.17. The first kappa shape index (κ1) is 16.4. The third-order valence-electron chi connectivity index (χ3n) is 2.71. The molecule has 0 unspecified atom stereocenters. The predicted molar refractivity (Wildman–Crippen MR) is 84.3 cm³/mol. The highest BCUT2D eigenvalue weighted by molar-refractivity contribution is 5.89. The molecule has 2 rings (SSSR count). The van der Waals surface area contributed by atoms with Crippen molar-refractivity contribution in [2.24, 2.45) is 0 Å². The van der Waals surface area contributed by atoms with Gasteiger partial charge in [-0.1, -0.05) is 12.1 Å². The summed E-state index contributed by atoms with van der Waals surface area (Å²) in [6, 6.07) is 6.44. The van der Waals surface area contributed by atoms with Gasteiger partial charge in [-0.15, -0.1) is 0 Å². The number of aromatic carboxylic acids is 1. The van der Waals surface area contributed by atoms with Crippen LogP contribution >= 0.6 is 0 Å². The monoisotopic (exact) mass is 315 g/mol. The number of carboxylic acid groups (broad SMARTS) is 1. The van der Waals surface area contributed by atoms with Crippen molar-refractivity contribution < 1.29 is 19.4 Å². The molecule has 7 heteroatoms. The Morgan fingerprint density at radius 3 is 2.35 bits per heavy atom. The van der Waals surface area contributed by atoms with Crippen molar-refractivity contribution in [2.75, 3.05) is 5.32 Å². The van der Waals surface area contributed by atoms with E-state index in [1.165, 1.54) is 24.5 Å². The summed E-state index contributed by atoms with van der Waals surface area (Å²) in [6.45, 7) is 5.27. The molecule has 0 atom stereocenters. The fourth-order valence-corrected chi connectivity index (χ4v) is 1.77. The lowest BCUT2D eigenvalue weighted by molar-refractivity contribution is 0.0632. The van der Waals surface area contributed by atoms with Crippen LogP contribution in [0.1, 0.15) is 31.1 Å². The van der Waals surface area contributed by atoms with Crippen LogP contribution in [0.2, 0.25) is 0 Å². The van der Waals surface area contributed by atoms with Crippen LogP contribution < -0.4 is 5.32 Å². The SMILES string of the molecule is CC(C)(C)OC(=O)Nc1ncc(-c2cccc(C(=O)O)c2)cn1. The molecule has 23 heavy (non-hydrogen) atoms. The van der Waals surface area contributed by atoms with Gasteiger partial charge in [0.15, 0.2) is 0 Å². The molecule has 0 bridgehead atoms. The first-order chi connectivity index (χ1) is 10.7. The molecule has 2 N–H and O–H groups in total. The lowest BCUT2D eigenvalue weighted by Gasteiger charge is -2.19. The summed E-state index contributed by atoms with van der Waals surface area (Å²) in [5.41, 5.74) is 0.886. The fraction of sp³-hybridized carbons (Fsp3) is 0.250. The van der Waals surface area contributed by atoms with Gasteiger partial charge >= 0.3 is 12.1 Å². The molecule has 1 aromatic carbocycles. The Bertz CT molecular complexity index is 721. The smallest absolute Gasteiger partial charge is 0.414 e. The fourth-order valence-electron chi connectivity index (χ4n) is 1.77. The van der Waals surface area contributed by atoms with Crippen LogP contribution in [-0.4, -0.2) is 32.7 Å². The van der Waals surface area contributed by atoms with Crippen LogP contribution in [0.3, 0.4) is 0 Å².